The maximum absolute atomic E-state index is 10.6. The molecule has 2 aromatic rings. The minimum atomic E-state index is -1.07. The Morgan fingerprint density at radius 3 is 2.60 bits per heavy atom. The molecule has 0 bridgehead atoms. The van der Waals surface area contributed by atoms with Gasteiger partial charge in [-0.2, -0.15) is 5.10 Å². The van der Waals surface area contributed by atoms with Crippen LogP contribution in [0.2, 0.25) is 0 Å². The Kier molecular flexibility index (Phi) is 3.71. The van der Waals surface area contributed by atoms with Crippen molar-refractivity contribution in [1.29, 1.82) is 0 Å². The summed E-state index contributed by atoms with van der Waals surface area (Å²) in [5, 5.41) is 28.0. The number of non-ortho nitro benzene ring substituents is 1. The van der Waals surface area contributed by atoms with E-state index in [4.69, 9.17) is 0 Å². The van der Waals surface area contributed by atoms with Crippen molar-refractivity contribution in [2.75, 3.05) is 11.9 Å². The molecule has 7 heteroatoms. The maximum atomic E-state index is 10.6. The zero-order valence-corrected chi connectivity index (χ0v) is 11.3. The molecule has 0 saturated heterocycles. The SMILES string of the molecule is Cn1cc(C(C)(O)CNc2ccc([N+](=O)[O-])cc2)cn1. The smallest absolute Gasteiger partial charge is 0.269 e. The van der Waals surface area contributed by atoms with Gasteiger partial charge in [-0.3, -0.25) is 14.8 Å². The van der Waals surface area contributed by atoms with Gasteiger partial charge in [0, 0.05) is 43.2 Å². The summed E-state index contributed by atoms with van der Waals surface area (Å²) in [7, 11) is 1.78. The molecule has 0 radical (unpaired) electrons. The van der Waals surface area contributed by atoms with Crippen molar-refractivity contribution in [3.8, 4) is 0 Å². The molecule has 0 fully saturated rings. The fraction of sp³-hybridized carbons (Fsp3) is 0.308. The number of nitro groups is 1. The molecular weight excluding hydrogens is 260 g/mol. The Labute approximate surface area is 116 Å². The average Bonchev–Trinajstić information content (AvgIpc) is 2.84. The molecule has 0 spiro atoms. The first-order chi connectivity index (χ1) is 9.38. The van der Waals surface area contributed by atoms with E-state index in [9.17, 15) is 15.2 Å². The van der Waals surface area contributed by atoms with Crippen LogP contribution in [0.3, 0.4) is 0 Å². The van der Waals surface area contributed by atoms with E-state index in [1.165, 1.54) is 12.1 Å². The van der Waals surface area contributed by atoms with Crippen LogP contribution in [0.5, 0.6) is 0 Å². The van der Waals surface area contributed by atoms with Crippen LogP contribution in [0.15, 0.2) is 36.7 Å². The molecule has 1 unspecified atom stereocenters. The molecule has 20 heavy (non-hydrogen) atoms. The summed E-state index contributed by atoms with van der Waals surface area (Å²) in [6, 6.07) is 6.05. The summed E-state index contributed by atoms with van der Waals surface area (Å²) in [6.45, 7) is 1.96. The van der Waals surface area contributed by atoms with E-state index >= 15 is 0 Å². The summed E-state index contributed by atoms with van der Waals surface area (Å²) in [4.78, 5) is 10.1. The Hall–Kier alpha value is -2.41. The molecule has 1 aromatic heterocycles. The van der Waals surface area contributed by atoms with E-state index < -0.39 is 10.5 Å². The first-order valence-corrected chi connectivity index (χ1v) is 6.08. The number of hydrogen-bond donors (Lipinski definition) is 2. The Bertz CT molecular complexity index is 604. The monoisotopic (exact) mass is 276 g/mol. The lowest BCUT2D eigenvalue weighted by Gasteiger charge is -2.22. The summed E-state index contributed by atoms with van der Waals surface area (Å²) >= 11 is 0. The van der Waals surface area contributed by atoms with Crippen LogP contribution in [0.4, 0.5) is 11.4 Å². The highest BCUT2D eigenvalue weighted by atomic mass is 16.6. The zero-order chi connectivity index (χ0) is 14.8. The van der Waals surface area contributed by atoms with Gasteiger partial charge in [-0.25, -0.2) is 0 Å². The molecule has 7 nitrogen and oxygen atoms in total. The lowest BCUT2D eigenvalue weighted by atomic mass is 9.99. The van der Waals surface area contributed by atoms with Gasteiger partial charge in [0.2, 0.25) is 0 Å². The van der Waals surface area contributed by atoms with Gasteiger partial charge < -0.3 is 10.4 Å². The molecule has 2 N–H and O–H groups in total. The second-order valence-electron chi connectivity index (χ2n) is 4.83. The molecule has 106 valence electrons. The molecule has 0 aliphatic carbocycles. The van der Waals surface area contributed by atoms with Crippen molar-refractivity contribution in [3.63, 3.8) is 0 Å². The highest BCUT2D eigenvalue weighted by molar-refractivity contribution is 5.48. The Morgan fingerprint density at radius 2 is 2.10 bits per heavy atom. The highest BCUT2D eigenvalue weighted by Crippen LogP contribution is 2.21. The number of nitrogens with one attached hydrogen (secondary N) is 1. The number of nitrogens with zero attached hydrogens (tertiary/aromatic N) is 3. The quantitative estimate of drug-likeness (QED) is 0.639. The van der Waals surface area contributed by atoms with E-state index in [1.807, 2.05) is 0 Å². The molecule has 1 heterocycles. The first-order valence-electron chi connectivity index (χ1n) is 6.08. The van der Waals surface area contributed by atoms with E-state index in [1.54, 1.807) is 43.2 Å². The fourth-order valence-corrected chi connectivity index (χ4v) is 1.78. The largest absolute Gasteiger partial charge is 0.383 e. The minimum Gasteiger partial charge on any atom is -0.383 e. The number of hydrogen-bond acceptors (Lipinski definition) is 5. The van der Waals surface area contributed by atoms with Gasteiger partial charge in [0.25, 0.3) is 5.69 Å². The first kappa shape index (κ1) is 14.0. The molecule has 0 amide bonds. The highest BCUT2D eigenvalue weighted by Gasteiger charge is 2.24. The molecule has 1 atom stereocenters. The number of anilines is 1. The number of aryl methyl sites for hydroxylation is 1. The van der Waals surface area contributed by atoms with Crippen LogP contribution in [0.1, 0.15) is 12.5 Å². The normalized spacial score (nSPS) is 13.8. The molecule has 0 saturated carbocycles. The van der Waals surface area contributed by atoms with E-state index in [2.05, 4.69) is 10.4 Å². The van der Waals surface area contributed by atoms with Gasteiger partial charge in [-0.1, -0.05) is 0 Å². The predicted octanol–water partition coefficient (Wildman–Crippen LogP) is 1.65. The van der Waals surface area contributed by atoms with Crippen molar-refractivity contribution in [3.05, 3.63) is 52.3 Å². The number of aromatic nitrogens is 2. The van der Waals surface area contributed by atoms with Gasteiger partial charge in [-0.15, -0.1) is 0 Å². The predicted molar refractivity (Wildman–Crippen MR) is 74.4 cm³/mol. The number of rotatable bonds is 5. The third-order valence-electron chi connectivity index (χ3n) is 3.04. The maximum Gasteiger partial charge on any atom is 0.269 e. The fourth-order valence-electron chi connectivity index (χ4n) is 1.78. The van der Waals surface area contributed by atoms with Crippen molar-refractivity contribution in [2.24, 2.45) is 7.05 Å². The van der Waals surface area contributed by atoms with E-state index in [0.717, 1.165) is 0 Å². The van der Waals surface area contributed by atoms with Crippen LogP contribution in [-0.2, 0) is 12.6 Å². The average molecular weight is 276 g/mol. The van der Waals surface area contributed by atoms with Gasteiger partial charge in [0.1, 0.15) is 5.60 Å². The lowest BCUT2D eigenvalue weighted by molar-refractivity contribution is -0.384. The van der Waals surface area contributed by atoms with Crippen LogP contribution in [0.25, 0.3) is 0 Å². The summed E-state index contributed by atoms with van der Waals surface area (Å²) < 4.78 is 1.62. The van der Waals surface area contributed by atoms with Gasteiger partial charge in [0.05, 0.1) is 11.1 Å². The van der Waals surface area contributed by atoms with Crippen molar-refractivity contribution < 1.29 is 10.0 Å². The van der Waals surface area contributed by atoms with Crippen molar-refractivity contribution in [1.82, 2.24) is 9.78 Å². The minimum absolute atomic E-state index is 0.0366. The topological polar surface area (TPSA) is 93.2 Å². The second kappa shape index (κ2) is 5.30. The second-order valence-corrected chi connectivity index (χ2v) is 4.83. The standard InChI is InChI=1S/C13H16N4O3/c1-13(18,10-7-15-16(2)8-10)9-14-11-3-5-12(6-4-11)17(19)20/h3-8,14,18H,9H2,1-2H3. The Balaban J connectivity index is 2.02. The van der Waals surface area contributed by atoms with Gasteiger partial charge in [-0.05, 0) is 19.1 Å². The third-order valence-corrected chi connectivity index (χ3v) is 3.04. The van der Waals surface area contributed by atoms with Crippen LogP contribution >= 0.6 is 0 Å². The summed E-state index contributed by atoms with van der Waals surface area (Å²) in [5.41, 5.74) is 0.375. The van der Waals surface area contributed by atoms with Crippen LogP contribution in [-0.4, -0.2) is 26.4 Å². The lowest BCUT2D eigenvalue weighted by Crippen LogP contribution is -2.30. The van der Waals surface area contributed by atoms with Crippen molar-refractivity contribution >= 4 is 11.4 Å². The molecule has 0 aliphatic rings. The number of nitro benzene ring substituents is 1. The number of benzene rings is 1. The molecule has 2 rings (SSSR count). The van der Waals surface area contributed by atoms with Gasteiger partial charge in [0.15, 0.2) is 0 Å². The van der Waals surface area contributed by atoms with Crippen molar-refractivity contribution in [2.45, 2.75) is 12.5 Å². The molecule has 1 aromatic carbocycles. The summed E-state index contributed by atoms with van der Waals surface area (Å²) in [5.74, 6) is 0. The summed E-state index contributed by atoms with van der Waals surface area (Å²) in [6.07, 6.45) is 3.36. The van der Waals surface area contributed by atoms with E-state index in [-0.39, 0.29) is 12.2 Å². The number of aliphatic hydroxyl groups is 1. The Morgan fingerprint density at radius 1 is 1.45 bits per heavy atom. The van der Waals surface area contributed by atoms with Crippen LogP contribution in [0, 0.1) is 10.1 Å². The molecule has 0 aliphatic heterocycles. The van der Waals surface area contributed by atoms with Crippen LogP contribution < -0.4 is 5.32 Å². The van der Waals surface area contributed by atoms with E-state index in [0.29, 0.717) is 11.3 Å². The zero-order valence-electron chi connectivity index (χ0n) is 11.3. The molecular formula is C13H16N4O3. The van der Waals surface area contributed by atoms with Gasteiger partial charge >= 0.3 is 0 Å². The third kappa shape index (κ3) is 3.12.